The van der Waals surface area contributed by atoms with Gasteiger partial charge in [-0.25, -0.2) is 23.2 Å². The minimum Gasteiger partial charge on any atom is -0.444 e. The van der Waals surface area contributed by atoms with E-state index < -0.39 is 26.8 Å². The monoisotopic (exact) mass is 538 g/mol. The number of aromatic amines is 1. The van der Waals surface area contributed by atoms with Crippen LogP contribution in [0.1, 0.15) is 36.5 Å². The zero-order valence-corrected chi connectivity index (χ0v) is 21.4. The lowest BCUT2D eigenvalue weighted by Crippen LogP contribution is -2.27. The van der Waals surface area contributed by atoms with Crippen molar-refractivity contribution < 1.29 is 17.9 Å². The Kier molecular flexibility index (Phi) is 6.61. The number of hydrogen-bond donors (Lipinski definition) is 2. The molecule has 2 N–H and O–H groups in total. The second-order valence-corrected chi connectivity index (χ2v) is 12.2. The molecule has 0 fully saturated rings. The summed E-state index contributed by atoms with van der Waals surface area (Å²) in [4.78, 5) is 24.0. The molecule has 1 unspecified atom stereocenters. The standard InChI is InChI=1S/C22H20Cl2N4O4S2/c1-22(2,3)32-21(29)28-20-27-18(24)16(33-20)17(34(30,31)13-7-5-4-6-8-13)15-11-26-19-14(15)9-12(23)10-25-19/h4-11,17H,1-3H3,(H,25,26)(H,27,28,29). The molecule has 0 aliphatic heterocycles. The van der Waals surface area contributed by atoms with E-state index in [4.69, 9.17) is 27.9 Å². The van der Waals surface area contributed by atoms with E-state index in [1.807, 2.05) is 0 Å². The van der Waals surface area contributed by atoms with Gasteiger partial charge in [-0.1, -0.05) is 52.7 Å². The van der Waals surface area contributed by atoms with Crippen LogP contribution in [0.2, 0.25) is 10.2 Å². The fourth-order valence-electron chi connectivity index (χ4n) is 3.33. The van der Waals surface area contributed by atoms with Crippen molar-refractivity contribution in [1.29, 1.82) is 0 Å². The Hall–Kier alpha value is -2.66. The smallest absolute Gasteiger partial charge is 0.413 e. The zero-order valence-electron chi connectivity index (χ0n) is 18.3. The van der Waals surface area contributed by atoms with E-state index in [1.165, 1.54) is 18.3 Å². The summed E-state index contributed by atoms with van der Waals surface area (Å²) in [6.45, 7) is 5.18. The number of H-pyrrole nitrogens is 1. The Morgan fingerprint density at radius 2 is 1.91 bits per heavy atom. The van der Waals surface area contributed by atoms with E-state index in [-0.39, 0.29) is 20.1 Å². The predicted octanol–water partition coefficient (Wildman–Crippen LogP) is 6.24. The molecule has 8 nitrogen and oxygen atoms in total. The highest BCUT2D eigenvalue weighted by Gasteiger charge is 2.37. The third-order valence-corrected chi connectivity index (χ3v) is 8.48. The van der Waals surface area contributed by atoms with Crippen molar-refractivity contribution in [2.45, 2.75) is 36.5 Å². The molecular formula is C22H20Cl2N4O4S2. The number of nitrogens with one attached hydrogen (secondary N) is 2. The van der Waals surface area contributed by atoms with Crippen molar-refractivity contribution in [3.05, 3.63) is 69.4 Å². The van der Waals surface area contributed by atoms with Crippen LogP contribution in [0.4, 0.5) is 9.93 Å². The summed E-state index contributed by atoms with van der Waals surface area (Å²) >= 11 is 13.5. The Balaban J connectivity index is 1.85. The van der Waals surface area contributed by atoms with Crippen LogP contribution in [-0.2, 0) is 14.6 Å². The number of pyridine rings is 1. The van der Waals surface area contributed by atoms with E-state index in [0.29, 0.717) is 21.6 Å². The number of rotatable bonds is 5. The number of nitrogens with zero attached hydrogens (tertiary/aromatic N) is 2. The lowest BCUT2D eigenvalue weighted by molar-refractivity contribution is 0.0636. The summed E-state index contributed by atoms with van der Waals surface area (Å²) in [7, 11) is -4.00. The van der Waals surface area contributed by atoms with E-state index in [0.717, 1.165) is 11.3 Å². The minimum absolute atomic E-state index is 0.0510. The number of carbonyl (C=O) groups is 1. The highest BCUT2D eigenvalue weighted by molar-refractivity contribution is 7.92. The number of carbonyl (C=O) groups excluding carboxylic acids is 1. The van der Waals surface area contributed by atoms with Crippen molar-refractivity contribution in [2.75, 3.05) is 5.32 Å². The Morgan fingerprint density at radius 3 is 2.59 bits per heavy atom. The average molecular weight is 539 g/mol. The fraction of sp³-hybridized carbons (Fsp3) is 0.227. The number of benzene rings is 1. The van der Waals surface area contributed by atoms with Crippen molar-refractivity contribution in [2.24, 2.45) is 0 Å². The third-order valence-electron chi connectivity index (χ3n) is 4.65. The van der Waals surface area contributed by atoms with Gasteiger partial charge in [-0.05, 0) is 39.0 Å². The average Bonchev–Trinajstić information content (AvgIpc) is 3.30. The molecule has 0 saturated carbocycles. The maximum atomic E-state index is 13.9. The number of thiazole rings is 1. The second-order valence-electron chi connectivity index (χ2n) is 8.33. The van der Waals surface area contributed by atoms with Gasteiger partial charge in [0.15, 0.2) is 15.0 Å². The molecule has 178 valence electrons. The van der Waals surface area contributed by atoms with Gasteiger partial charge < -0.3 is 9.72 Å². The highest BCUT2D eigenvalue weighted by atomic mass is 35.5. The maximum Gasteiger partial charge on any atom is 0.413 e. The van der Waals surface area contributed by atoms with Gasteiger partial charge in [0.1, 0.15) is 21.7 Å². The number of sulfone groups is 1. The number of ether oxygens (including phenoxy) is 1. The maximum absolute atomic E-state index is 13.9. The number of hydrogen-bond acceptors (Lipinski definition) is 7. The van der Waals surface area contributed by atoms with Crippen molar-refractivity contribution in [3.8, 4) is 0 Å². The van der Waals surface area contributed by atoms with Gasteiger partial charge in [-0.2, -0.15) is 0 Å². The molecule has 3 aromatic heterocycles. The Bertz CT molecular complexity index is 1460. The van der Waals surface area contributed by atoms with Crippen molar-refractivity contribution in [1.82, 2.24) is 15.0 Å². The summed E-state index contributed by atoms with van der Waals surface area (Å²) in [5.41, 5.74) is 0.160. The first-order valence-electron chi connectivity index (χ1n) is 10.0. The molecule has 0 spiro atoms. The first-order chi connectivity index (χ1) is 16.0. The summed E-state index contributed by atoms with van der Waals surface area (Å²) in [6.07, 6.45) is 2.30. The highest BCUT2D eigenvalue weighted by Crippen LogP contribution is 2.44. The molecule has 0 aliphatic carbocycles. The quantitative estimate of drug-likeness (QED) is 0.311. The Labute approximate surface area is 210 Å². The number of anilines is 1. The number of fused-ring (bicyclic) bond motifs is 1. The SMILES string of the molecule is CC(C)(C)OC(=O)Nc1nc(Cl)c(C(c2c[nH]c3ncc(Cl)cc23)S(=O)(=O)c2ccccc2)s1. The largest absolute Gasteiger partial charge is 0.444 e. The van der Waals surface area contributed by atoms with Crippen LogP contribution < -0.4 is 5.32 Å². The molecule has 0 bridgehead atoms. The summed E-state index contributed by atoms with van der Waals surface area (Å²) in [6, 6.07) is 9.67. The minimum atomic E-state index is -4.00. The third kappa shape index (κ3) is 5.05. The molecule has 1 amide bonds. The van der Waals surface area contributed by atoms with Gasteiger partial charge >= 0.3 is 6.09 Å². The van der Waals surface area contributed by atoms with Gasteiger partial charge in [-0.3, -0.25) is 5.32 Å². The normalized spacial score (nSPS) is 13.1. The van der Waals surface area contributed by atoms with Gasteiger partial charge in [-0.15, -0.1) is 0 Å². The molecule has 34 heavy (non-hydrogen) atoms. The Morgan fingerprint density at radius 1 is 1.21 bits per heavy atom. The molecule has 3 heterocycles. The van der Waals surface area contributed by atoms with E-state index >= 15 is 0 Å². The second kappa shape index (κ2) is 9.18. The van der Waals surface area contributed by atoms with Crippen LogP contribution in [0.5, 0.6) is 0 Å². The van der Waals surface area contributed by atoms with Crippen molar-refractivity contribution >= 4 is 66.6 Å². The topological polar surface area (TPSA) is 114 Å². The van der Waals surface area contributed by atoms with Crippen LogP contribution >= 0.6 is 34.5 Å². The summed E-state index contributed by atoms with van der Waals surface area (Å²) < 4.78 is 33.0. The summed E-state index contributed by atoms with van der Waals surface area (Å²) in [5, 5.41) is 2.23. The van der Waals surface area contributed by atoms with Crippen LogP contribution in [0.15, 0.2) is 53.7 Å². The van der Waals surface area contributed by atoms with Gasteiger partial charge in [0.2, 0.25) is 0 Å². The molecule has 0 aliphatic rings. The zero-order chi connectivity index (χ0) is 24.7. The lowest BCUT2D eigenvalue weighted by Gasteiger charge is -2.19. The number of amides is 1. The summed E-state index contributed by atoms with van der Waals surface area (Å²) in [5.74, 6) is 0. The molecule has 0 radical (unpaired) electrons. The van der Waals surface area contributed by atoms with Crippen LogP contribution in [-0.4, -0.2) is 35.1 Å². The molecule has 4 aromatic rings. The van der Waals surface area contributed by atoms with Gasteiger partial charge in [0, 0.05) is 23.3 Å². The van der Waals surface area contributed by atoms with Gasteiger partial charge in [0.05, 0.1) is 14.8 Å². The first kappa shape index (κ1) is 24.5. The van der Waals surface area contributed by atoms with Crippen molar-refractivity contribution in [3.63, 3.8) is 0 Å². The molecule has 1 atom stereocenters. The van der Waals surface area contributed by atoms with Crippen LogP contribution in [0, 0.1) is 0 Å². The van der Waals surface area contributed by atoms with Gasteiger partial charge in [0.25, 0.3) is 0 Å². The van der Waals surface area contributed by atoms with E-state index in [1.54, 1.807) is 51.2 Å². The van der Waals surface area contributed by atoms with E-state index in [9.17, 15) is 13.2 Å². The van der Waals surface area contributed by atoms with Crippen LogP contribution in [0.25, 0.3) is 11.0 Å². The lowest BCUT2D eigenvalue weighted by atomic mass is 10.1. The molecular weight excluding hydrogens is 519 g/mol. The van der Waals surface area contributed by atoms with Crippen LogP contribution in [0.3, 0.4) is 0 Å². The number of halogens is 2. The number of aromatic nitrogens is 3. The molecule has 0 saturated heterocycles. The first-order valence-corrected chi connectivity index (χ1v) is 13.2. The molecule has 12 heteroatoms. The van der Waals surface area contributed by atoms with E-state index in [2.05, 4.69) is 20.3 Å². The fourth-order valence-corrected chi connectivity index (χ4v) is 7.01. The predicted molar refractivity (Wildman–Crippen MR) is 134 cm³/mol. The molecule has 4 rings (SSSR count). The molecule has 1 aromatic carbocycles.